The van der Waals surface area contributed by atoms with E-state index in [1.807, 2.05) is 18.2 Å². The van der Waals surface area contributed by atoms with E-state index in [1.54, 1.807) is 0 Å². The zero-order valence-corrected chi connectivity index (χ0v) is 25.8. The summed E-state index contributed by atoms with van der Waals surface area (Å²) in [5, 5.41) is 5.69. The summed E-state index contributed by atoms with van der Waals surface area (Å²) in [5.41, 5.74) is 10.1. The predicted octanol–water partition coefficient (Wildman–Crippen LogP) is 11.5. The maximum atomic E-state index is 6.30. The fourth-order valence-corrected chi connectivity index (χ4v) is 6.68. The van der Waals surface area contributed by atoms with Crippen molar-refractivity contribution in [1.29, 1.82) is 0 Å². The van der Waals surface area contributed by atoms with Crippen LogP contribution in [-0.2, 0) is 0 Å². The Morgan fingerprint density at radius 3 is 2.06 bits per heavy atom. The number of rotatable bonds is 5. The van der Waals surface area contributed by atoms with Crippen molar-refractivity contribution in [2.24, 2.45) is 0 Å². The highest BCUT2D eigenvalue weighted by Crippen LogP contribution is 2.38. The van der Waals surface area contributed by atoms with Gasteiger partial charge in [0, 0.05) is 51.3 Å². The Labute approximate surface area is 272 Å². The number of benzene rings is 7. The summed E-state index contributed by atoms with van der Waals surface area (Å²) in [6.45, 7) is 0. The number of aromatic nitrogens is 2. The number of hydrogen-bond acceptors (Lipinski definition) is 4. The van der Waals surface area contributed by atoms with Gasteiger partial charge in [-0.25, -0.2) is 9.97 Å². The topological polar surface area (TPSA) is 42.2 Å². The van der Waals surface area contributed by atoms with Crippen LogP contribution in [0, 0.1) is 0 Å². The largest absolute Gasteiger partial charge is 0.455 e. The van der Waals surface area contributed by atoms with E-state index in [9.17, 15) is 0 Å². The first-order valence-electron chi connectivity index (χ1n) is 15.8. The minimum atomic E-state index is 0.705. The lowest BCUT2D eigenvalue weighted by atomic mass is 9.99. The molecule has 0 saturated carbocycles. The van der Waals surface area contributed by atoms with Crippen LogP contribution in [0.25, 0.3) is 77.4 Å². The lowest BCUT2D eigenvalue weighted by Crippen LogP contribution is -2.09. The standard InChI is InChI=1S/C43H29N3O/c1-46(31-25-23-29(24-26-31)34-18-10-20-37-35-16-5-7-22-40(35)47-42(34)37)32-14-8-13-30(27-32)43-44-39-21-6-4-17-38(39)41(45-43)36-19-9-12-28-11-2-3-15-33(28)36/h2-27H,1H3. The van der Waals surface area contributed by atoms with E-state index in [-0.39, 0.29) is 0 Å². The van der Waals surface area contributed by atoms with Crippen molar-refractivity contribution < 1.29 is 4.42 Å². The number of anilines is 2. The summed E-state index contributed by atoms with van der Waals surface area (Å²) in [6, 6.07) is 54.8. The summed E-state index contributed by atoms with van der Waals surface area (Å²) in [7, 11) is 2.09. The summed E-state index contributed by atoms with van der Waals surface area (Å²) >= 11 is 0. The second kappa shape index (κ2) is 11.0. The summed E-state index contributed by atoms with van der Waals surface area (Å²) in [6.07, 6.45) is 0. The second-order valence-electron chi connectivity index (χ2n) is 11.9. The summed E-state index contributed by atoms with van der Waals surface area (Å²) in [5.74, 6) is 0.705. The Hall–Kier alpha value is -6.26. The molecule has 0 bridgehead atoms. The van der Waals surface area contributed by atoms with Gasteiger partial charge in [-0.05, 0) is 52.7 Å². The van der Waals surface area contributed by atoms with Gasteiger partial charge in [0.1, 0.15) is 11.2 Å². The molecule has 0 N–H and O–H groups in total. The SMILES string of the molecule is CN(c1ccc(-c2cccc3c2oc2ccccc23)cc1)c1cccc(-c2nc(-c3cccc4ccccc34)c3ccccc3n2)c1. The van der Waals surface area contributed by atoms with Crippen LogP contribution in [0.2, 0.25) is 0 Å². The third kappa shape index (κ3) is 4.62. The highest BCUT2D eigenvalue weighted by Gasteiger charge is 2.16. The van der Waals surface area contributed by atoms with Crippen LogP contribution >= 0.6 is 0 Å². The Morgan fingerprint density at radius 1 is 0.489 bits per heavy atom. The zero-order chi connectivity index (χ0) is 31.3. The first-order valence-corrected chi connectivity index (χ1v) is 15.8. The van der Waals surface area contributed by atoms with Crippen molar-refractivity contribution in [2.75, 3.05) is 11.9 Å². The van der Waals surface area contributed by atoms with Gasteiger partial charge in [0.05, 0.1) is 11.2 Å². The van der Waals surface area contributed by atoms with Crippen LogP contribution in [0.15, 0.2) is 162 Å². The molecule has 0 aliphatic rings. The van der Waals surface area contributed by atoms with E-state index in [4.69, 9.17) is 14.4 Å². The molecule has 9 rings (SSSR count). The molecule has 7 aromatic carbocycles. The molecule has 0 aliphatic heterocycles. The summed E-state index contributed by atoms with van der Waals surface area (Å²) in [4.78, 5) is 12.4. The minimum Gasteiger partial charge on any atom is -0.455 e. The zero-order valence-electron chi connectivity index (χ0n) is 25.8. The molecule has 0 amide bonds. The lowest BCUT2D eigenvalue weighted by molar-refractivity contribution is 0.670. The third-order valence-electron chi connectivity index (χ3n) is 9.11. The predicted molar refractivity (Wildman–Crippen MR) is 195 cm³/mol. The van der Waals surface area contributed by atoms with Crippen molar-refractivity contribution in [2.45, 2.75) is 0 Å². The average molecular weight is 604 g/mol. The molecule has 0 unspecified atom stereocenters. The van der Waals surface area contributed by atoms with Crippen molar-refractivity contribution in [3.05, 3.63) is 158 Å². The molecule has 9 aromatic rings. The fraction of sp³-hybridized carbons (Fsp3) is 0.0233. The molecule has 4 nitrogen and oxygen atoms in total. The van der Waals surface area contributed by atoms with E-state index >= 15 is 0 Å². The molecule has 0 spiro atoms. The van der Waals surface area contributed by atoms with Gasteiger partial charge in [0.25, 0.3) is 0 Å². The van der Waals surface area contributed by atoms with Crippen LogP contribution < -0.4 is 4.90 Å². The minimum absolute atomic E-state index is 0.705. The van der Waals surface area contributed by atoms with Gasteiger partial charge >= 0.3 is 0 Å². The van der Waals surface area contributed by atoms with Crippen LogP contribution in [0.3, 0.4) is 0 Å². The Bertz CT molecular complexity index is 2600. The van der Waals surface area contributed by atoms with Crippen molar-refractivity contribution in [3.8, 4) is 33.8 Å². The van der Waals surface area contributed by atoms with Gasteiger partial charge in [-0.2, -0.15) is 0 Å². The summed E-state index contributed by atoms with van der Waals surface area (Å²) < 4.78 is 6.30. The monoisotopic (exact) mass is 603 g/mol. The van der Waals surface area contributed by atoms with Crippen LogP contribution in [0.1, 0.15) is 0 Å². The van der Waals surface area contributed by atoms with Crippen molar-refractivity contribution in [1.82, 2.24) is 9.97 Å². The third-order valence-corrected chi connectivity index (χ3v) is 9.11. The number of para-hydroxylation sites is 3. The Kier molecular flexibility index (Phi) is 6.32. The van der Waals surface area contributed by atoms with E-state index in [1.165, 1.54) is 10.8 Å². The molecular formula is C43H29N3O. The quantitative estimate of drug-likeness (QED) is 0.196. The number of furan rings is 1. The highest BCUT2D eigenvalue weighted by atomic mass is 16.3. The number of fused-ring (bicyclic) bond motifs is 5. The maximum Gasteiger partial charge on any atom is 0.160 e. The molecular weight excluding hydrogens is 574 g/mol. The Morgan fingerprint density at radius 2 is 1.17 bits per heavy atom. The highest BCUT2D eigenvalue weighted by molar-refractivity contribution is 6.09. The van der Waals surface area contributed by atoms with E-state index in [2.05, 4.69) is 151 Å². The molecule has 0 atom stereocenters. The van der Waals surface area contributed by atoms with Crippen molar-refractivity contribution in [3.63, 3.8) is 0 Å². The maximum absolute atomic E-state index is 6.30. The van der Waals surface area contributed by atoms with Gasteiger partial charge in [0.2, 0.25) is 0 Å². The normalized spacial score (nSPS) is 11.5. The molecule has 0 radical (unpaired) electrons. The van der Waals surface area contributed by atoms with Gasteiger partial charge < -0.3 is 9.32 Å². The van der Waals surface area contributed by atoms with Gasteiger partial charge in [-0.1, -0.05) is 121 Å². The molecule has 0 aliphatic carbocycles. The molecule has 47 heavy (non-hydrogen) atoms. The Balaban J connectivity index is 1.08. The number of hydrogen-bond donors (Lipinski definition) is 0. The lowest BCUT2D eigenvalue weighted by Gasteiger charge is -2.21. The second-order valence-corrected chi connectivity index (χ2v) is 11.9. The molecule has 0 fully saturated rings. The van der Waals surface area contributed by atoms with Gasteiger partial charge in [-0.15, -0.1) is 0 Å². The van der Waals surface area contributed by atoms with E-state index in [0.717, 1.165) is 72.2 Å². The first-order chi connectivity index (χ1) is 23.2. The first kappa shape index (κ1) is 27.1. The molecule has 2 heterocycles. The molecule has 2 aromatic heterocycles. The van der Waals surface area contributed by atoms with Crippen LogP contribution in [-0.4, -0.2) is 17.0 Å². The van der Waals surface area contributed by atoms with Crippen molar-refractivity contribution >= 4 is 55.0 Å². The molecule has 222 valence electrons. The van der Waals surface area contributed by atoms with Gasteiger partial charge in [-0.3, -0.25) is 0 Å². The van der Waals surface area contributed by atoms with E-state index < -0.39 is 0 Å². The van der Waals surface area contributed by atoms with Gasteiger partial charge in [0.15, 0.2) is 5.82 Å². The van der Waals surface area contributed by atoms with Crippen LogP contribution in [0.5, 0.6) is 0 Å². The fourth-order valence-electron chi connectivity index (χ4n) is 6.68. The molecule has 4 heteroatoms. The average Bonchev–Trinajstić information content (AvgIpc) is 3.53. The number of nitrogens with zero attached hydrogens (tertiary/aromatic N) is 3. The van der Waals surface area contributed by atoms with Crippen LogP contribution in [0.4, 0.5) is 11.4 Å². The van der Waals surface area contributed by atoms with E-state index in [0.29, 0.717) is 5.82 Å². The molecule has 0 saturated heterocycles. The smallest absolute Gasteiger partial charge is 0.160 e.